The fourth-order valence-corrected chi connectivity index (χ4v) is 2.08. The molecule has 0 aromatic carbocycles. The second kappa shape index (κ2) is 5.74. The third kappa shape index (κ3) is 5.57. The Bertz CT molecular complexity index is 317. The molecule has 16 heavy (non-hydrogen) atoms. The molecule has 90 valence electrons. The van der Waals surface area contributed by atoms with E-state index in [1.807, 2.05) is 12.1 Å². The molecule has 0 aliphatic carbocycles. The number of aromatic nitrogens is 1. The summed E-state index contributed by atoms with van der Waals surface area (Å²) in [4.78, 5) is 4.15. The summed E-state index contributed by atoms with van der Waals surface area (Å²) in [6, 6.07) is 3.66. The maximum Gasteiger partial charge on any atom is 0.126 e. The van der Waals surface area contributed by atoms with Crippen LogP contribution in [0.15, 0.2) is 18.3 Å². The number of halogens is 2. The van der Waals surface area contributed by atoms with E-state index >= 15 is 0 Å². The van der Waals surface area contributed by atoms with Crippen LogP contribution in [-0.4, -0.2) is 16.9 Å². The molecule has 0 saturated carbocycles. The van der Waals surface area contributed by atoms with E-state index in [2.05, 4.69) is 31.1 Å². The molecule has 1 heterocycles. The molecule has 1 aromatic rings. The van der Waals surface area contributed by atoms with Crippen molar-refractivity contribution in [2.75, 3.05) is 11.9 Å². The summed E-state index contributed by atoms with van der Waals surface area (Å²) in [7, 11) is 0. The number of anilines is 1. The zero-order valence-corrected chi connectivity index (χ0v) is 11.4. The van der Waals surface area contributed by atoms with Gasteiger partial charge in [0.05, 0.1) is 10.4 Å². The molecular weight excluding hydrogens is 243 g/mol. The van der Waals surface area contributed by atoms with E-state index in [1.165, 1.54) is 0 Å². The molecule has 4 heteroatoms. The Kier molecular flexibility index (Phi) is 4.88. The van der Waals surface area contributed by atoms with Crippen molar-refractivity contribution in [1.29, 1.82) is 0 Å². The maximum absolute atomic E-state index is 6.23. The number of nitrogens with one attached hydrogen (secondary N) is 1. The van der Waals surface area contributed by atoms with Gasteiger partial charge in [0.15, 0.2) is 0 Å². The van der Waals surface area contributed by atoms with Crippen molar-refractivity contribution >= 4 is 29.0 Å². The topological polar surface area (TPSA) is 24.9 Å². The summed E-state index contributed by atoms with van der Waals surface area (Å²) >= 11 is 12.0. The molecule has 1 aromatic heterocycles. The zero-order chi connectivity index (χ0) is 12.2. The third-order valence-electron chi connectivity index (χ3n) is 2.07. The van der Waals surface area contributed by atoms with Crippen LogP contribution in [0.2, 0.25) is 5.02 Å². The molecule has 0 saturated heterocycles. The van der Waals surface area contributed by atoms with Crippen LogP contribution in [0, 0.1) is 5.41 Å². The van der Waals surface area contributed by atoms with Crippen molar-refractivity contribution in [1.82, 2.24) is 4.98 Å². The summed E-state index contributed by atoms with van der Waals surface area (Å²) < 4.78 is 0. The lowest BCUT2D eigenvalue weighted by Crippen LogP contribution is -2.21. The van der Waals surface area contributed by atoms with Gasteiger partial charge in [-0.1, -0.05) is 32.4 Å². The standard InChI is InChI=1S/C12H18Cl2N2/c1-12(2,3)6-10(14)8-16-11-5-4-9(13)7-15-11/h4-5,7,10H,6,8H2,1-3H3,(H,15,16). The average Bonchev–Trinajstić information content (AvgIpc) is 2.14. The van der Waals surface area contributed by atoms with Crippen LogP contribution in [0.5, 0.6) is 0 Å². The Labute approximate surface area is 107 Å². The molecule has 0 spiro atoms. The monoisotopic (exact) mass is 260 g/mol. The van der Waals surface area contributed by atoms with Gasteiger partial charge in [0, 0.05) is 12.7 Å². The minimum Gasteiger partial charge on any atom is -0.369 e. The van der Waals surface area contributed by atoms with E-state index in [-0.39, 0.29) is 10.8 Å². The van der Waals surface area contributed by atoms with Crippen molar-refractivity contribution in [3.8, 4) is 0 Å². The highest BCUT2D eigenvalue weighted by Gasteiger charge is 2.16. The minimum atomic E-state index is 0.109. The van der Waals surface area contributed by atoms with Crippen LogP contribution in [0.1, 0.15) is 27.2 Å². The van der Waals surface area contributed by atoms with Crippen LogP contribution >= 0.6 is 23.2 Å². The first-order valence-corrected chi connectivity index (χ1v) is 6.18. The molecule has 0 fully saturated rings. The molecule has 1 N–H and O–H groups in total. The van der Waals surface area contributed by atoms with Gasteiger partial charge in [-0.25, -0.2) is 4.98 Å². The van der Waals surface area contributed by atoms with Crippen LogP contribution in [0.25, 0.3) is 0 Å². The van der Waals surface area contributed by atoms with E-state index in [9.17, 15) is 0 Å². The Hall–Kier alpha value is -0.470. The number of nitrogens with zero attached hydrogens (tertiary/aromatic N) is 1. The predicted molar refractivity (Wildman–Crippen MR) is 71.4 cm³/mol. The molecular formula is C12H18Cl2N2. The van der Waals surface area contributed by atoms with Crippen molar-refractivity contribution in [2.45, 2.75) is 32.6 Å². The second-order valence-corrected chi connectivity index (χ2v) is 6.16. The first-order valence-electron chi connectivity index (χ1n) is 5.36. The molecule has 0 aliphatic heterocycles. The molecule has 1 unspecified atom stereocenters. The Morgan fingerprint density at radius 1 is 1.38 bits per heavy atom. The van der Waals surface area contributed by atoms with Crippen LogP contribution in [-0.2, 0) is 0 Å². The number of hydrogen-bond acceptors (Lipinski definition) is 2. The van der Waals surface area contributed by atoms with Gasteiger partial charge in [-0.15, -0.1) is 11.6 Å². The van der Waals surface area contributed by atoms with Crippen LogP contribution in [0.3, 0.4) is 0 Å². The van der Waals surface area contributed by atoms with Gasteiger partial charge in [0.25, 0.3) is 0 Å². The first-order chi connectivity index (χ1) is 7.37. The summed E-state index contributed by atoms with van der Waals surface area (Å²) in [6.45, 7) is 7.27. The molecule has 1 atom stereocenters. The Morgan fingerprint density at radius 3 is 2.56 bits per heavy atom. The van der Waals surface area contributed by atoms with Gasteiger partial charge in [-0.3, -0.25) is 0 Å². The second-order valence-electron chi connectivity index (χ2n) is 5.10. The van der Waals surface area contributed by atoms with E-state index in [0.717, 1.165) is 12.2 Å². The van der Waals surface area contributed by atoms with Gasteiger partial charge < -0.3 is 5.32 Å². The van der Waals surface area contributed by atoms with Gasteiger partial charge >= 0.3 is 0 Å². The van der Waals surface area contributed by atoms with E-state index in [4.69, 9.17) is 23.2 Å². The van der Waals surface area contributed by atoms with E-state index < -0.39 is 0 Å². The number of hydrogen-bond donors (Lipinski definition) is 1. The number of alkyl halides is 1. The summed E-state index contributed by atoms with van der Waals surface area (Å²) in [5.41, 5.74) is 0.252. The fraction of sp³-hybridized carbons (Fsp3) is 0.583. The third-order valence-corrected chi connectivity index (χ3v) is 2.60. The van der Waals surface area contributed by atoms with E-state index in [1.54, 1.807) is 6.20 Å². The number of rotatable bonds is 4. The molecule has 0 amide bonds. The molecule has 1 rings (SSSR count). The van der Waals surface area contributed by atoms with Crippen molar-refractivity contribution in [2.24, 2.45) is 5.41 Å². The lowest BCUT2D eigenvalue weighted by molar-refractivity contribution is 0.373. The SMILES string of the molecule is CC(C)(C)CC(Cl)CNc1ccc(Cl)cn1. The van der Waals surface area contributed by atoms with Gasteiger partial charge in [0.2, 0.25) is 0 Å². The highest BCUT2D eigenvalue weighted by Crippen LogP contribution is 2.23. The van der Waals surface area contributed by atoms with Crippen molar-refractivity contribution in [3.63, 3.8) is 0 Å². The minimum absolute atomic E-state index is 0.109. The van der Waals surface area contributed by atoms with Crippen molar-refractivity contribution in [3.05, 3.63) is 23.4 Å². The van der Waals surface area contributed by atoms with Crippen LogP contribution in [0.4, 0.5) is 5.82 Å². The molecule has 2 nitrogen and oxygen atoms in total. The molecule has 0 radical (unpaired) electrons. The summed E-state index contributed by atoms with van der Waals surface area (Å²) in [5.74, 6) is 0.809. The van der Waals surface area contributed by atoms with Gasteiger partial charge in [-0.2, -0.15) is 0 Å². The quantitative estimate of drug-likeness (QED) is 0.822. The van der Waals surface area contributed by atoms with Crippen molar-refractivity contribution < 1.29 is 0 Å². The molecule has 0 bridgehead atoms. The largest absolute Gasteiger partial charge is 0.369 e. The van der Waals surface area contributed by atoms with Crippen LogP contribution < -0.4 is 5.32 Å². The predicted octanol–water partition coefficient (Wildman–Crippen LogP) is 4.19. The highest BCUT2D eigenvalue weighted by atomic mass is 35.5. The first kappa shape index (κ1) is 13.6. The maximum atomic E-state index is 6.23. The smallest absolute Gasteiger partial charge is 0.126 e. The lowest BCUT2D eigenvalue weighted by Gasteiger charge is -2.22. The molecule has 0 aliphatic rings. The number of pyridine rings is 1. The summed E-state index contributed by atoms with van der Waals surface area (Å²) in [6.07, 6.45) is 2.59. The van der Waals surface area contributed by atoms with Gasteiger partial charge in [-0.05, 0) is 24.0 Å². The fourth-order valence-electron chi connectivity index (χ4n) is 1.43. The Balaban J connectivity index is 2.37. The van der Waals surface area contributed by atoms with E-state index in [0.29, 0.717) is 11.6 Å². The lowest BCUT2D eigenvalue weighted by atomic mass is 9.90. The normalized spacial score (nSPS) is 13.6. The summed E-state index contributed by atoms with van der Waals surface area (Å²) in [5, 5.41) is 3.94. The van der Waals surface area contributed by atoms with Gasteiger partial charge in [0.1, 0.15) is 5.82 Å². The zero-order valence-electron chi connectivity index (χ0n) is 9.93. The average molecular weight is 261 g/mol. The highest BCUT2D eigenvalue weighted by molar-refractivity contribution is 6.30. The Morgan fingerprint density at radius 2 is 2.06 bits per heavy atom.